The summed E-state index contributed by atoms with van der Waals surface area (Å²) in [4.78, 5) is 0. The number of hydrogen-bond donors (Lipinski definition) is 1. The number of ether oxygens (including phenoxy) is 1. The molecule has 0 aliphatic heterocycles. The fourth-order valence-corrected chi connectivity index (χ4v) is 1.51. The maximum absolute atomic E-state index is 12.3. The summed E-state index contributed by atoms with van der Waals surface area (Å²) in [5.41, 5.74) is -1.17. The van der Waals surface area contributed by atoms with Crippen LogP contribution in [-0.2, 0) is 6.18 Å². The van der Waals surface area contributed by atoms with Gasteiger partial charge in [-0.05, 0) is 28.1 Å². The maximum Gasteiger partial charge on any atom is 0.417 e. The molecular weight excluding hydrogens is 303 g/mol. The number of hydrogen-bond acceptors (Lipinski definition) is 2. The molecule has 0 saturated heterocycles. The van der Waals surface area contributed by atoms with Crippen LogP contribution < -0.4 is 4.74 Å². The van der Waals surface area contributed by atoms with Crippen molar-refractivity contribution in [1.29, 1.82) is 0 Å². The molecule has 90 valence electrons. The Balaban J connectivity index is 3.19. The zero-order valence-corrected chi connectivity index (χ0v) is 8.94. The van der Waals surface area contributed by atoms with Crippen molar-refractivity contribution in [3.63, 3.8) is 0 Å². The second kappa shape index (κ2) is 4.44. The summed E-state index contributed by atoms with van der Waals surface area (Å²) >= 11 is 2.46. The number of phenolic OH excluding ortho intramolecular Hbond substituents is 1. The highest BCUT2D eigenvalue weighted by Gasteiger charge is 2.35. The number of benzene rings is 1. The minimum absolute atomic E-state index is 0.529. The first kappa shape index (κ1) is 13.0. The lowest BCUT2D eigenvalue weighted by Crippen LogP contribution is -2.07. The van der Waals surface area contributed by atoms with Crippen molar-refractivity contribution in [3.05, 3.63) is 22.2 Å². The molecule has 2 nitrogen and oxygen atoms in total. The number of aromatic hydroxyl groups is 1. The molecule has 1 rings (SSSR count). The van der Waals surface area contributed by atoms with Gasteiger partial charge in [0.15, 0.2) is 11.5 Å². The Hall–Kier alpha value is -1.05. The van der Waals surface area contributed by atoms with Gasteiger partial charge in [0.1, 0.15) is 0 Å². The van der Waals surface area contributed by atoms with Gasteiger partial charge >= 0.3 is 12.8 Å². The van der Waals surface area contributed by atoms with Gasteiger partial charge in [-0.3, -0.25) is 0 Å². The molecule has 0 unspecified atom stereocenters. The van der Waals surface area contributed by atoms with Crippen LogP contribution in [0.4, 0.5) is 22.0 Å². The summed E-state index contributed by atoms with van der Waals surface area (Å²) in [7, 11) is 0. The Morgan fingerprint density at radius 2 is 1.81 bits per heavy atom. The van der Waals surface area contributed by atoms with E-state index in [1.165, 1.54) is 0 Å². The second-order valence-corrected chi connectivity index (χ2v) is 3.44. The highest BCUT2D eigenvalue weighted by molar-refractivity contribution is 9.10. The first-order valence-electron chi connectivity index (χ1n) is 3.77. The lowest BCUT2D eigenvalue weighted by atomic mass is 10.2. The minimum atomic E-state index is -4.69. The third-order valence-electron chi connectivity index (χ3n) is 1.60. The van der Waals surface area contributed by atoms with Crippen LogP contribution in [0.1, 0.15) is 5.56 Å². The summed E-state index contributed by atoms with van der Waals surface area (Å²) in [5, 5.41) is 9.19. The predicted octanol–water partition coefficient (Wildman–Crippen LogP) is 3.77. The summed E-state index contributed by atoms with van der Waals surface area (Å²) in [6.45, 7) is -3.23. The van der Waals surface area contributed by atoms with E-state index in [-0.39, 0.29) is 0 Å². The van der Waals surface area contributed by atoms with Gasteiger partial charge < -0.3 is 9.84 Å². The molecule has 1 aromatic carbocycles. The molecule has 1 aromatic rings. The van der Waals surface area contributed by atoms with Crippen LogP contribution in [0.15, 0.2) is 16.6 Å². The molecule has 8 heteroatoms. The smallest absolute Gasteiger partial charge is 0.417 e. The molecule has 0 fully saturated rings. The predicted molar refractivity (Wildman–Crippen MR) is 47.4 cm³/mol. The highest BCUT2D eigenvalue weighted by atomic mass is 79.9. The molecule has 0 radical (unpaired) electrons. The van der Waals surface area contributed by atoms with Crippen molar-refractivity contribution < 1.29 is 31.8 Å². The quantitative estimate of drug-likeness (QED) is 0.843. The number of phenols is 1. The Kier molecular flexibility index (Phi) is 3.61. The molecule has 0 spiro atoms. The molecule has 0 aromatic heterocycles. The fraction of sp³-hybridized carbons (Fsp3) is 0.250. The molecule has 16 heavy (non-hydrogen) atoms. The molecule has 1 N–H and O–H groups in total. The van der Waals surface area contributed by atoms with E-state index in [1.807, 2.05) is 0 Å². The highest BCUT2D eigenvalue weighted by Crippen LogP contribution is 2.43. The van der Waals surface area contributed by atoms with Crippen LogP contribution in [-0.4, -0.2) is 11.7 Å². The molecule has 0 amide bonds. The third-order valence-corrected chi connectivity index (χ3v) is 2.40. The number of alkyl halides is 5. The van der Waals surface area contributed by atoms with Gasteiger partial charge in [-0.25, -0.2) is 0 Å². The standard InChI is InChI=1S/C8H4BrF5O2/c9-5-3(8(12,13)14)1-2-4(6(5)15)16-7(10)11/h1-2,7,15H. The zero-order chi connectivity index (χ0) is 12.5. The summed E-state index contributed by atoms with van der Waals surface area (Å²) in [5.74, 6) is -1.75. The summed E-state index contributed by atoms with van der Waals surface area (Å²) in [6, 6.07) is 1.15. The van der Waals surface area contributed by atoms with Gasteiger partial charge in [-0.15, -0.1) is 0 Å². The van der Waals surface area contributed by atoms with E-state index in [0.29, 0.717) is 12.1 Å². The van der Waals surface area contributed by atoms with Gasteiger partial charge in [-0.2, -0.15) is 22.0 Å². The van der Waals surface area contributed by atoms with E-state index in [0.717, 1.165) is 0 Å². The Morgan fingerprint density at radius 1 is 1.25 bits per heavy atom. The zero-order valence-electron chi connectivity index (χ0n) is 7.36. The lowest BCUT2D eigenvalue weighted by Gasteiger charge is -2.13. The van der Waals surface area contributed by atoms with Crippen molar-refractivity contribution in [2.24, 2.45) is 0 Å². The van der Waals surface area contributed by atoms with E-state index in [2.05, 4.69) is 20.7 Å². The Bertz CT molecular complexity index is 391. The lowest BCUT2D eigenvalue weighted by molar-refractivity contribution is -0.138. The van der Waals surface area contributed by atoms with Gasteiger partial charge in [-0.1, -0.05) is 0 Å². The van der Waals surface area contributed by atoms with E-state index >= 15 is 0 Å². The summed E-state index contributed by atoms with van der Waals surface area (Å²) in [6.07, 6.45) is -4.69. The average Bonchev–Trinajstić information content (AvgIpc) is 2.10. The van der Waals surface area contributed by atoms with E-state index < -0.39 is 34.3 Å². The van der Waals surface area contributed by atoms with Crippen LogP contribution in [0.2, 0.25) is 0 Å². The van der Waals surface area contributed by atoms with Crippen molar-refractivity contribution in [1.82, 2.24) is 0 Å². The molecular formula is C8H4BrF5O2. The molecule has 0 atom stereocenters. The van der Waals surface area contributed by atoms with E-state index in [1.54, 1.807) is 0 Å². The van der Waals surface area contributed by atoms with E-state index in [9.17, 15) is 27.1 Å². The monoisotopic (exact) mass is 306 g/mol. The Labute approximate surface area is 94.8 Å². The summed E-state index contributed by atoms with van der Waals surface area (Å²) < 4.78 is 63.5. The van der Waals surface area contributed by atoms with Crippen LogP contribution in [0.25, 0.3) is 0 Å². The van der Waals surface area contributed by atoms with Gasteiger partial charge in [0, 0.05) is 0 Å². The topological polar surface area (TPSA) is 29.5 Å². The van der Waals surface area contributed by atoms with Crippen LogP contribution in [0.3, 0.4) is 0 Å². The maximum atomic E-state index is 12.3. The van der Waals surface area contributed by atoms with Crippen molar-refractivity contribution in [2.75, 3.05) is 0 Å². The first-order valence-corrected chi connectivity index (χ1v) is 4.56. The van der Waals surface area contributed by atoms with Gasteiger partial charge in [0.2, 0.25) is 0 Å². The molecule has 0 bridgehead atoms. The first-order chi connectivity index (χ1) is 7.23. The molecule has 0 heterocycles. The van der Waals surface area contributed by atoms with Crippen molar-refractivity contribution >= 4 is 15.9 Å². The minimum Gasteiger partial charge on any atom is -0.503 e. The van der Waals surface area contributed by atoms with Crippen LogP contribution in [0, 0.1) is 0 Å². The normalized spacial score (nSPS) is 11.9. The SMILES string of the molecule is Oc1c(OC(F)F)ccc(C(F)(F)F)c1Br. The number of halogens is 6. The van der Waals surface area contributed by atoms with Crippen molar-refractivity contribution in [2.45, 2.75) is 12.8 Å². The average molecular weight is 307 g/mol. The number of rotatable bonds is 2. The van der Waals surface area contributed by atoms with Gasteiger partial charge in [0.25, 0.3) is 0 Å². The van der Waals surface area contributed by atoms with Crippen LogP contribution >= 0.6 is 15.9 Å². The third kappa shape index (κ3) is 2.75. The largest absolute Gasteiger partial charge is 0.503 e. The van der Waals surface area contributed by atoms with E-state index in [4.69, 9.17) is 0 Å². The molecule has 0 saturated carbocycles. The second-order valence-electron chi connectivity index (χ2n) is 2.65. The Morgan fingerprint density at radius 3 is 2.25 bits per heavy atom. The van der Waals surface area contributed by atoms with Gasteiger partial charge in [0.05, 0.1) is 10.0 Å². The van der Waals surface area contributed by atoms with Crippen LogP contribution in [0.5, 0.6) is 11.5 Å². The fourth-order valence-electron chi connectivity index (χ4n) is 0.957. The molecule has 0 aliphatic carbocycles. The molecule has 0 aliphatic rings. The van der Waals surface area contributed by atoms with Crippen molar-refractivity contribution in [3.8, 4) is 11.5 Å².